The Labute approximate surface area is 144 Å². The van der Waals surface area contributed by atoms with E-state index in [2.05, 4.69) is 4.98 Å². The Morgan fingerprint density at radius 1 is 1.30 bits per heavy atom. The highest BCUT2D eigenvalue weighted by Crippen LogP contribution is 2.27. The topological polar surface area (TPSA) is 63.0 Å². The highest BCUT2D eigenvalue weighted by Gasteiger charge is 2.20. The lowest BCUT2D eigenvalue weighted by atomic mass is 9.98. The van der Waals surface area contributed by atoms with Crippen LogP contribution in [-0.4, -0.2) is 17.4 Å². The van der Waals surface area contributed by atoms with Crippen LogP contribution in [0.25, 0.3) is 0 Å². The Morgan fingerprint density at radius 3 is 2.78 bits per heavy atom. The molecule has 2 aromatic rings. The van der Waals surface area contributed by atoms with Gasteiger partial charge < -0.3 is 4.74 Å². The van der Waals surface area contributed by atoms with E-state index in [9.17, 15) is 10.1 Å². The lowest BCUT2D eigenvalue weighted by molar-refractivity contribution is -0.119. The summed E-state index contributed by atoms with van der Waals surface area (Å²) in [5.74, 6) is -0.489. The van der Waals surface area contributed by atoms with E-state index in [0.717, 1.165) is 0 Å². The lowest BCUT2D eigenvalue weighted by Crippen LogP contribution is -2.13. The Morgan fingerprint density at radius 2 is 2.13 bits per heavy atom. The fraction of sp³-hybridized carbons (Fsp3) is 0.235. The summed E-state index contributed by atoms with van der Waals surface area (Å²) in [6.45, 7) is 0.327. The van der Waals surface area contributed by atoms with E-state index in [1.165, 1.54) is 0 Å². The molecule has 23 heavy (non-hydrogen) atoms. The summed E-state index contributed by atoms with van der Waals surface area (Å²) in [5, 5.41) is 10.1. The van der Waals surface area contributed by atoms with Gasteiger partial charge in [0.15, 0.2) is 5.78 Å². The SMILES string of the molecule is N#C[C@H](C(=O)CCCOc1ccc(Cl)cc1Cl)c1ccccn1. The average molecular weight is 349 g/mol. The van der Waals surface area contributed by atoms with Crippen LogP contribution in [-0.2, 0) is 4.79 Å². The number of nitrogens with zero attached hydrogens (tertiary/aromatic N) is 2. The minimum Gasteiger partial charge on any atom is -0.492 e. The number of carbonyl (C=O) groups excluding carboxylic acids is 1. The predicted molar refractivity (Wildman–Crippen MR) is 88.8 cm³/mol. The van der Waals surface area contributed by atoms with E-state index in [1.54, 1.807) is 42.6 Å². The normalized spacial score (nSPS) is 11.5. The smallest absolute Gasteiger partial charge is 0.156 e. The van der Waals surface area contributed by atoms with Crippen LogP contribution in [0, 0.1) is 11.3 Å². The van der Waals surface area contributed by atoms with Gasteiger partial charge >= 0.3 is 0 Å². The van der Waals surface area contributed by atoms with Crippen LogP contribution in [0.3, 0.4) is 0 Å². The van der Waals surface area contributed by atoms with Gasteiger partial charge in [0.1, 0.15) is 11.7 Å². The number of ketones is 1. The van der Waals surface area contributed by atoms with E-state index < -0.39 is 5.92 Å². The zero-order valence-corrected chi connectivity index (χ0v) is 13.7. The molecule has 0 N–H and O–H groups in total. The van der Waals surface area contributed by atoms with E-state index in [4.69, 9.17) is 27.9 Å². The second-order valence-corrected chi connectivity index (χ2v) is 5.65. The number of rotatable bonds is 7. The van der Waals surface area contributed by atoms with Crippen molar-refractivity contribution in [1.82, 2.24) is 4.98 Å². The average Bonchev–Trinajstić information content (AvgIpc) is 2.55. The molecule has 0 bridgehead atoms. The van der Waals surface area contributed by atoms with Gasteiger partial charge in [0.05, 0.1) is 23.4 Å². The highest BCUT2D eigenvalue weighted by molar-refractivity contribution is 6.35. The van der Waals surface area contributed by atoms with Crippen LogP contribution in [0.4, 0.5) is 0 Å². The van der Waals surface area contributed by atoms with E-state index in [1.807, 2.05) is 6.07 Å². The predicted octanol–water partition coefficient (Wildman–Crippen LogP) is 4.42. The molecule has 0 spiro atoms. The van der Waals surface area contributed by atoms with Crippen molar-refractivity contribution in [2.45, 2.75) is 18.8 Å². The van der Waals surface area contributed by atoms with E-state index in [-0.39, 0.29) is 12.2 Å². The minimum atomic E-state index is -0.838. The van der Waals surface area contributed by atoms with Gasteiger partial charge in [0, 0.05) is 17.6 Å². The molecule has 1 aromatic heterocycles. The number of benzene rings is 1. The van der Waals surface area contributed by atoms with Gasteiger partial charge in [-0.25, -0.2) is 0 Å². The molecular weight excluding hydrogens is 335 g/mol. The summed E-state index contributed by atoms with van der Waals surface area (Å²) < 4.78 is 5.52. The van der Waals surface area contributed by atoms with Gasteiger partial charge in [-0.1, -0.05) is 29.3 Å². The maximum atomic E-state index is 12.1. The van der Waals surface area contributed by atoms with Crippen molar-refractivity contribution < 1.29 is 9.53 Å². The molecular formula is C17H14Cl2N2O2. The first-order valence-corrected chi connectivity index (χ1v) is 7.78. The molecule has 0 aliphatic heterocycles. The van der Waals surface area contributed by atoms with Crippen molar-refractivity contribution in [3.8, 4) is 11.8 Å². The molecule has 1 heterocycles. The monoisotopic (exact) mass is 348 g/mol. The number of aromatic nitrogens is 1. The van der Waals surface area contributed by atoms with Crippen LogP contribution in [0.15, 0.2) is 42.6 Å². The van der Waals surface area contributed by atoms with Crippen LogP contribution < -0.4 is 4.74 Å². The number of carbonyl (C=O) groups is 1. The molecule has 0 saturated carbocycles. The third kappa shape index (κ3) is 4.95. The third-order valence-electron chi connectivity index (χ3n) is 3.15. The fourth-order valence-electron chi connectivity index (χ4n) is 2.01. The number of halogens is 2. The Kier molecular flexibility index (Phi) is 6.40. The molecule has 6 heteroatoms. The molecule has 0 amide bonds. The number of nitriles is 1. The van der Waals surface area contributed by atoms with Crippen molar-refractivity contribution in [3.63, 3.8) is 0 Å². The molecule has 0 radical (unpaired) electrons. The summed E-state index contributed by atoms with van der Waals surface area (Å²) in [5.41, 5.74) is 0.474. The molecule has 0 fully saturated rings. The minimum absolute atomic E-state index is 0.169. The van der Waals surface area contributed by atoms with Crippen LogP contribution in [0.1, 0.15) is 24.5 Å². The first-order chi connectivity index (χ1) is 11.1. The molecule has 4 nitrogen and oxygen atoms in total. The second-order valence-electron chi connectivity index (χ2n) is 4.81. The van der Waals surface area contributed by atoms with Gasteiger partial charge in [-0.15, -0.1) is 0 Å². The quantitative estimate of drug-likeness (QED) is 0.694. The van der Waals surface area contributed by atoms with Crippen LogP contribution >= 0.6 is 23.2 Å². The lowest BCUT2D eigenvalue weighted by Gasteiger charge is -2.09. The van der Waals surface area contributed by atoms with Gasteiger partial charge in [-0.3, -0.25) is 9.78 Å². The largest absolute Gasteiger partial charge is 0.492 e. The number of hydrogen-bond acceptors (Lipinski definition) is 4. The Hall–Kier alpha value is -2.09. The summed E-state index contributed by atoms with van der Waals surface area (Å²) in [4.78, 5) is 16.2. The second kappa shape index (κ2) is 8.52. The molecule has 1 aromatic carbocycles. The van der Waals surface area contributed by atoms with Crippen molar-refractivity contribution in [3.05, 3.63) is 58.3 Å². The molecule has 2 rings (SSSR count). The maximum Gasteiger partial charge on any atom is 0.156 e. The van der Waals surface area contributed by atoms with Crippen molar-refractivity contribution >= 4 is 29.0 Å². The maximum absolute atomic E-state index is 12.1. The van der Waals surface area contributed by atoms with Gasteiger partial charge in [-0.05, 0) is 36.8 Å². The van der Waals surface area contributed by atoms with E-state index in [0.29, 0.717) is 34.5 Å². The number of Topliss-reactive ketones (excluding diaryl/α,β-unsaturated/α-hetero) is 1. The fourth-order valence-corrected chi connectivity index (χ4v) is 2.48. The van der Waals surface area contributed by atoms with Crippen molar-refractivity contribution in [2.24, 2.45) is 0 Å². The molecule has 1 atom stereocenters. The van der Waals surface area contributed by atoms with Crippen LogP contribution in [0.2, 0.25) is 10.0 Å². The summed E-state index contributed by atoms with van der Waals surface area (Å²) >= 11 is 11.8. The zero-order valence-electron chi connectivity index (χ0n) is 12.2. The number of ether oxygens (including phenoxy) is 1. The summed E-state index contributed by atoms with van der Waals surface area (Å²) in [6.07, 6.45) is 2.29. The Bertz CT molecular complexity index is 714. The van der Waals surface area contributed by atoms with Gasteiger partial charge in [-0.2, -0.15) is 5.26 Å². The third-order valence-corrected chi connectivity index (χ3v) is 3.68. The Balaban J connectivity index is 1.84. The zero-order chi connectivity index (χ0) is 16.7. The van der Waals surface area contributed by atoms with Crippen LogP contribution in [0.5, 0.6) is 5.75 Å². The molecule has 0 saturated heterocycles. The standard InChI is InChI=1S/C17H14Cl2N2O2/c18-12-6-7-17(14(19)10-12)23-9-3-5-16(22)13(11-20)15-4-1-2-8-21-15/h1-2,4,6-8,10,13H,3,5,9H2/t13-/m0/s1. The van der Waals surface area contributed by atoms with Crippen molar-refractivity contribution in [2.75, 3.05) is 6.61 Å². The van der Waals surface area contributed by atoms with Gasteiger partial charge in [0.25, 0.3) is 0 Å². The molecule has 0 aliphatic rings. The van der Waals surface area contributed by atoms with Crippen molar-refractivity contribution in [1.29, 1.82) is 5.26 Å². The molecule has 0 unspecified atom stereocenters. The number of hydrogen-bond donors (Lipinski definition) is 0. The molecule has 0 aliphatic carbocycles. The summed E-state index contributed by atoms with van der Waals surface area (Å²) in [6, 6.07) is 12.1. The summed E-state index contributed by atoms with van der Waals surface area (Å²) in [7, 11) is 0. The first-order valence-electron chi connectivity index (χ1n) is 7.03. The highest BCUT2D eigenvalue weighted by atomic mass is 35.5. The molecule has 118 valence electrons. The first kappa shape index (κ1) is 17.3. The van der Waals surface area contributed by atoms with Gasteiger partial charge in [0.2, 0.25) is 0 Å². The van der Waals surface area contributed by atoms with E-state index >= 15 is 0 Å². The number of pyridine rings is 1.